The quantitative estimate of drug-likeness (QED) is 0.578. The molecule has 0 radical (unpaired) electrons. The predicted molar refractivity (Wildman–Crippen MR) is 87.1 cm³/mol. The molecular weight excluding hydrogens is 274 g/mol. The molecule has 4 rings (SSSR count). The van der Waals surface area contributed by atoms with Gasteiger partial charge in [0.2, 0.25) is 0 Å². The van der Waals surface area contributed by atoms with Crippen LogP contribution in [0, 0.1) is 0 Å². The fraction of sp³-hybridized carbons (Fsp3) is 0.111. The SMILES string of the molecule is COc1nc2cnc3ccccc3c2n1Cc1ccccc1. The largest absolute Gasteiger partial charge is 0.468 e. The van der Waals surface area contributed by atoms with Crippen molar-refractivity contribution in [2.75, 3.05) is 7.11 Å². The number of para-hydroxylation sites is 1. The molecule has 0 bridgehead atoms. The minimum Gasteiger partial charge on any atom is -0.468 e. The van der Waals surface area contributed by atoms with Crippen LogP contribution in [0.3, 0.4) is 0 Å². The lowest BCUT2D eigenvalue weighted by atomic mass is 10.2. The molecule has 0 unspecified atom stereocenters. The summed E-state index contributed by atoms with van der Waals surface area (Å²) < 4.78 is 7.58. The number of imidazole rings is 1. The first-order valence-corrected chi connectivity index (χ1v) is 7.19. The molecule has 2 aromatic heterocycles. The maximum absolute atomic E-state index is 5.48. The van der Waals surface area contributed by atoms with E-state index in [0.29, 0.717) is 12.6 Å². The second-order valence-electron chi connectivity index (χ2n) is 5.18. The Bertz CT molecular complexity index is 945. The number of pyridine rings is 1. The minimum absolute atomic E-state index is 0.608. The monoisotopic (exact) mass is 289 g/mol. The Morgan fingerprint density at radius 3 is 2.55 bits per heavy atom. The second-order valence-corrected chi connectivity index (χ2v) is 5.18. The number of hydrogen-bond donors (Lipinski definition) is 0. The van der Waals surface area contributed by atoms with Gasteiger partial charge in [0.25, 0.3) is 6.01 Å². The summed E-state index contributed by atoms with van der Waals surface area (Å²) in [6, 6.07) is 19.0. The maximum Gasteiger partial charge on any atom is 0.297 e. The second kappa shape index (κ2) is 5.15. The van der Waals surface area contributed by atoms with E-state index in [2.05, 4.69) is 32.7 Å². The van der Waals surface area contributed by atoms with E-state index in [9.17, 15) is 0 Å². The summed E-state index contributed by atoms with van der Waals surface area (Å²) in [4.78, 5) is 9.03. The number of rotatable bonds is 3. The third kappa shape index (κ3) is 2.00. The van der Waals surface area contributed by atoms with Crippen LogP contribution in [0.2, 0.25) is 0 Å². The van der Waals surface area contributed by atoms with Crippen LogP contribution < -0.4 is 4.74 Å². The van der Waals surface area contributed by atoms with Crippen molar-refractivity contribution >= 4 is 21.9 Å². The van der Waals surface area contributed by atoms with E-state index in [1.165, 1.54) is 5.56 Å². The average molecular weight is 289 g/mol. The van der Waals surface area contributed by atoms with Gasteiger partial charge in [-0.1, -0.05) is 48.5 Å². The summed E-state index contributed by atoms with van der Waals surface area (Å²) in [6.45, 7) is 0.717. The van der Waals surface area contributed by atoms with Gasteiger partial charge in [0, 0.05) is 5.39 Å². The summed E-state index contributed by atoms with van der Waals surface area (Å²) in [5, 5.41) is 1.09. The maximum atomic E-state index is 5.48. The van der Waals surface area contributed by atoms with E-state index in [4.69, 9.17) is 4.74 Å². The molecule has 0 aliphatic rings. The average Bonchev–Trinajstić information content (AvgIpc) is 2.94. The summed E-state index contributed by atoms with van der Waals surface area (Å²) >= 11 is 0. The number of hydrogen-bond acceptors (Lipinski definition) is 3. The molecule has 0 saturated heterocycles. The number of nitrogens with zero attached hydrogens (tertiary/aromatic N) is 3. The fourth-order valence-corrected chi connectivity index (χ4v) is 2.81. The van der Waals surface area contributed by atoms with E-state index in [-0.39, 0.29) is 0 Å². The fourth-order valence-electron chi connectivity index (χ4n) is 2.81. The molecule has 0 N–H and O–H groups in total. The van der Waals surface area contributed by atoms with Gasteiger partial charge in [-0.25, -0.2) is 0 Å². The molecule has 4 nitrogen and oxygen atoms in total. The first-order valence-electron chi connectivity index (χ1n) is 7.19. The first-order chi connectivity index (χ1) is 10.9. The normalized spacial score (nSPS) is 11.1. The first kappa shape index (κ1) is 12.8. The summed E-state index contributed by atoms with van der Waals surface area (Å²) in [5.74, 6) is 0. The van der Waals surface area contributed by atoms with Crippen molar-refractivity contribution < 1.29 is 4.74 Å². The topological polar surface area (TPSA) is 39.9 Å². The number of aromatic nitrogens is 3. The molecule has 0 saturated carbocycles. The molecule has 0 atom stereocenters. The lowest BCUT2D eigenvalue weighted by molar-refractivity contribution is 0.364. The molecule has 0 amide bonds. The van der Waals surface area contributed by atoms with Crippen LogP contribution in [-0.4, -0.2) is 21.6 Å². The molecule has 0 aliphatic carbocycles. The van der Waals surface area contributed by atoms with Gasteiger partial charge in [-0.15, -0.1) is 0 Å². The van der Waals surface area contributed by atoms with Gasteiger partial charge in [-0.2, -0.15) is 4.98 Å². The number of benzene rings is 2. The van der Waals surface area contributed by atoms with E-state index in [1.54, 1.807) is 7.11 Å². The van der Waals surface area contributed by atoms with Gasteiger partial charge in [0.15, 0.2) is 0 Å². The van der Waals surface area contributed by atoms with Crippen LogP contribution in [0.25, 0.3) is 21.9 Å². The summed E-state index contributed by atoms with van der Waals surface area (Å²) in [5.41, 5.74) is 4.09. The lowest BCUT2D eigenvalue weighted by Crippen LogP contribution is -2.03. The summed E-state index contributed by atoms with van der Waals surface area (Å²) in [7, 11) is 1.65. The van der Waals surface area contributed by atoms with E-state index >= 15 is 0 Å². The Labute approximate surface area is 128 Å². The molecule has 22 heavy (non-hydrogen) atoms. The Kier molecular flexibility index (Phi) is 3.00. The van der Waals surface area contributed by atoms with Gasteiger partial charge >= 0.3 is 0 Å². The zero-order chi connectivity index (χ0) is 14.9. The van der Waals surface area contributed by atoms with Crippen LogP contribution in [0.1, 0.15) is 5.56 Å². The number of methoxy groups -OCH3 is 1. The Morgan fingerprint density at radius 2 is 1.73 bits per heavy atom. The molecule has 4 aromatic rings. The highest BCUT2D eigenvalue weighted by molar-refractivity contribution is 6.02. The number of ether oxygens (including phenoxy) is 1. The molecular formula is C18H15N3O. The van der Waals surface area contributed by atoms with Crippen molar-refractivity contribution in [1.29, 1.82) is 0 Å². The zero-order valence-corrected chi connectivity index (χ0v) is 12.2. The highest BCUT2D eigenvalue weighted by Gasteiger charge is 2.14. The molecule has 0 fully saturated rings. The van der Waals surface area contributed by atoms with Gasteiger partial charge in [-0.3, -0.25) is 9.55 Å². The van der Waals surface area contributed by atoms with Crippen LogP contribution in [0.15, 0.2) is 60.8 Å². The molecule has 2 heterocycles. The minimum atomic E-state index is 0.608. The van der Waals surface area contributed by atoms with Gasteiger partial charge < -0.3 is 4.74 Å². The van der Waals surface area contributed by atoms with E-state index in [0.717, 1.165) is 21.9 Å². The predicted octanol–water partition coefficient (Wildman–Crippen LogP) is 3.64. The molecule has 4 heteroatoms. The van der Waals surface area contributed by atoms with Crippen LogP contribution in [0.4, 0.5) is 0 Å². The third-order valence-corrected chi connectivity index (χ3v) is 3.81. The van der Waals surface area contributed by atoms with Crippen molar-refractivity contribution in [3.8, 4) is 6.01 Å². The van der Waals surface area contributed by atoms with Gasteiger partial charge in [-0.05, 0) is 11.6 Å². The van der Waals surface area contributed by atoms with Crippen molar-refractivity contribution in [3.05, 3.63) is 66.4 Å². The molecule has 0 aliphatic heterocycles. The number of fused-ring (bicyclic) bond motifs is 3. The van der Waals surface area contributed by atoms with Crippen molar-refractivity contribution in [3.63, 3.8) is 0 Å². The van der Waals surface area contributed by atoms with Crippen molar-refractivity contribution in [2.45, 2.75) is 6.54 Å². The Hall–Kier alpha value is -2.88. The van der Waals surface area contributed by atoms with E-state index in [1.807, 2.05) is 42.6 Å². The molecule has 108 valence electrons. The Balaban J connectivity index is 2.00. The third-order valence-electron chi connectivity index (χ3n) is 3.81. The highest BCUT2D eigenvalue weighted by Crippen LogP contribution is 2.28. The Morgan fingerprint density at radius 1 is 0.955 bits per heavy atom. The highest BCUT2D eigenvalue weighted by atomic mass is 16.5. The van der Waals surface area contributed by atoms with Crippen LogP contribution in [0.5, 0.6) is 6.01 Å². The molecule has 2 aromatic carbocycles. The van der Waals surface area contributed by atoms with Crippen LogP contribution >= 0.6 is 0 Å². The van der Waals surface area contributed by atoms with Crippen LogP contribution in [-0.2, 0) is 6.54 Å². The van der Waals surface area contributed by atoms with E-state index < -0.39 is 0 Å². The van der Waals surface area contributed by atoms with Gasteiger partial charge in [0.1, 0.15) is 5.52 Å². The van der Waals surface area contributed by atoms with Crippen molar-refractivity contribution in [2.24, 2.45) is 0 Å². The lowest BCUT2D eigenvalue weighted by Gasteiger charge is -2.09. The molecule has 0 spiro atoms. The summed E-state index contributed by atoms with van der Waals surface area (Å²) in [6.07, 6.45) is 1.81. The zero-order valence-electron chi connectivity index (χ0n) is 12.2. The standard InChI is InChI=1S/C18H15N3O/c1-22-18-20-16-11-19-15-10-6-5-9-14(15)17(16)21(18)12-13-7-3-2-4-8-13/h2-11H,12H2,1H3. The van der Waals surface area contributed by atoms with Crippen molar-refractivity contribution in [1.82, 2.24) is 14.5 Å². The van der Waals surface area contributed by atoms with Gasteiger partial charge in [0.05, 0.1) is 30.9 Å². The smallest absolute Gasteiger partial charge is 0.297 e.